The molecular weight excluding hydrogens is 476 g/mol. The van der Waals surface area contributed by atoms with Gasteiger partial charge in [-0.15, -0.1) is 11.3 Å². The number of carbonyl (C=O) groups excluding carboxylic acids is 1. The maximum absolute atomic E-state index is 11.6. The van der Waals surface area contributed by atoms with Crippen molar-refractivity contribution < 1.29 is 14.3 Å². The van der Waals surface area contributed by atoms with Crippen LogP contribution in [-0.4, -0.2) is 25.4 Å². The van der Waals surface area contributed by atoms with Crippen LogP contribution in [0, 0.1) is 22.7 Å². The van der Waals surface area contributed by atoms with Gasteiger partial charge in [-0.05, 0) is 61.3 Å². The molecule has 0 N–H and O–H groups in total. The van der Waals surface area contributed by atoms with Gasteiger partial charge in [0.1, 0.15) is 16.8 Å². The van der Waals surface area contributed by atoms with E-state index < -0.39 is 5.97 Å². The molecule has 1 atom stereocenters. The van der Waals surface area contributed by atoms with Crippen molar-refractivity contribution in [3.05, 3.63) is 44.2 Å². The van der Waals surface area contributed by atoms with Gasteiger partial charge in [0.2, 0.25) is 0 Å². The predicted octanol–water partition coefficient (Wildman–Crippen LogP) is 6.23. The van der Waals surface area contributed by atoms with Crippen molar-refractivity contribution in [2.45, 2.75) is 47.0 Å². The summed E-state index contributed by atoms with van der Waals surface area (Å²) in [4.78, 5) is 17.6. The number of nitrogens with zero attached hydrogens (tertiary/aromatic N) is 2. The number of benzene rings is 1. The molecule has 0 spiro atoms. The van der Waals surface area contributed by atoms with E-state index >= 15 is 0 Å². The first-order valence-corrected chi connectivity index (χ1v) is 12.0. The van der Waals surface area contributed by atoms with Crippen molar-refractivity contribution in [3.63, 3.8) is 0 Å². The zero-order valence-corrected chi connectivity index (χ0v) is 20.7. The molecule has 7 heteroatoms. The van der Waals surface area contributed by atoms with E-state index in [4.69, 9.17) is 9.47 Å². The Morgan fingerprint density at radius 3 is 2.87 bits per heavy atom. The van der Waals surface area contributed by atoms with Crippen molar-refractivity contribution >= 4 is 44.5 Å². The molecule has 0 fully saturated rings. The zero-order valence-electron chi connectivity index (χ0n) is 18.3. The van der Waals surface area contributed by atoms with Crippen LogP contribution in [0.1, 0.15) is 55.7 Å². The highest BCUT2D eigenvalue weighted by molar-refractivity contribution is 9.10. The molecule has 164 valence electrons. The summed E-state index contributed by atoms with van der Waals surface area (Å²) in [5.74, 6) is 0.724. The Labute approximate surface area is 196 Å². The number of hydrogen-bond donors (Lipinski definition) is 0. The third kappa shape index (κ3) is 5.75. The SMILES string of the molecule is CCOC(=O)COc1ccc(Br)cc1C=Nc1sc2c(c1C#N)CC[C@H](C(C)(C)C)C2. The van der Waals surface area contributed by atoms with Crippen LogP contribution in [0.4, 0.5) is 5.00 Å². The standard InChI is InChI=1S/C24H27BrN2O3S/c1-5-29-22(28)14-30-20-9-7-17(25)10-15(20)13-27-23-19(12-26)18-8-6-16(24(2,3)4)11-21(18)31-23/h7,9-10,13,16H,5-6,8,11,14H2,1-4H3/t16-/m0/s1. The second-order valence-corrected chi connectivity index (χ2v) is 10.6. The lowest BCUT2D eigenvalue weighted by Crippen LogP contribution is -2.26. The second kappa shape index (κ2) is 9.97. The summed E-state index contributed by atoms with van der Waals surface area (Å²) in [5, 5.41) is 10.5. The highest BCUT2D eigenvalue weighted by atomic mass is 79.9. The second-order valence-electron chi connectivity index (χ2n) is 8.64. The summed E-state index contributed by atoms with van der Waals surface area (Å²) in [5.41, 5.74) is 2.82. The lowest BCUT2D eigenvalue weighted by atomic mass is 9.72. The van der Waals surface area contributed by atoms with Crippen LogP contribution in [0.3, 0.4) is 0 Å². The number of esters is 1. The molecular formula is C24H27BrN2O3S. The number of aliphatic imine (C=N–C) groups is 1. The Hall–Kier alpha value is -2.17. The fourth-order valence-electron chi connectivity index (χ4n) is 3.74. The number of nitriles is 1. The van der Waals surface area contributed by atoms with Crippen LogP contribution in [0.2, 0.25) is 0 Å². The minimum absolute atomic E-state index is 0.165. The van der Waals surface area contributed by atoms with Crippen LogP contribution in [0.15, 0.2) is 27.7 Å². The maximum atomic E-state index is 11.6. The van der Waals surface area contributed by atoms with Gasteiger partial charge in [0.15, 0.2) is 6.61 Å². The van der Waals surface area contributed by atoms with Crippen LogP contribution >= 0.6 is 27.3 Å². The fraction of sp³-hybridized carbons (Fsp3) is 0.458. The molecule has 5 nitrogen and oxygen atoms in total. The lowest BCUT2D eigenvalue weighted by molar-refractivity contribution is -0.145. The van der Waals surface area contributed by atoms with E-state index in [1.807, 2.05) is 12.1 Å². The molecule has 0 saturated carbocycles. The van der Waals surface area contributed by atoms with Gasteiger partial charge in [0.05, 0.1) is 12.2 Å². The maximum Gasteiger partial charge on any atom is 0.344 e. The van der Waals surface area contributed by atoms with Crippen molar-refractivity contribution in [1.29, 1.82) is 5.26 Å². The number of carbonyl (C=O) groups is 1. The van der Waals surface area contributed by atoms with Crippen LogP contribution in [0.5, 0.6) is 5.75 Å². The van der Waals surface area contributed by atoms with E-state index in [9.17, 15) is 10.1 Å². The Morgan fingerprint density at radius 1 is 1.42 bits per heavy atom. The average molecular weight is 503 g/mol. The average Bonchev–Trinajstić information content (AvgIpc) is 3.07. The number of hydrogen-bond acceptors (Lipinski definition) is 6. The molecule has 1 heterocycles. The number of fused-ring (bicyclic) bond motifs is 1. The quantitative estimate of drug-likeness (QED) is 0.346. The van der Waals surface area contributed by atoms with E-state index in [0.29, 0.717) is 23.8 Å². The Balaban J connectivity index is 1.86. The van der Waals surface area contributed by atoms with Gasteiger partial charge >= 0.3 is 5.97 Å². The molecule has 0 unspecified atom stereocenters. The predicted molar refractivity (Wildman–Crippen MR) is 128 cm³/mol. The summed E-state index contributed by atoms with van der Waals surface area (Å²) in [6.07, 6.45) is 4.72. The third-order valence-electron chi connectivity index (χ3n) is 5.53. The number of thiophene rings is 1. The van der Waals surface area contributed by atoms with E-state index in [0.717, 1.165) is 39.9 Å². The first kappa shape index (κ1) is 23.5. The third-order valence-corrected chi connectivity index (χ3v) is 7.18. The van der Waals surface area contributed by atoms with Crippen molar-refractivity contribution in [1.82, 2.24) is 0 Å². The summed E-state index contributed by atoms with van der Waals surface area (Å²) >= 11 is 5.08. The van der Waals surface area contributed by atoms with Crippen LogP contribution < -0.4 is 4.74 Å². The first-order valence-electron chi connectivity index (χ1n) is 10.4. The molecule has 0 saturated heterocycles. The van der Waals surface area contributed by atoms with Crippen LogP contribution in [0.25, 0.3) is 0 Å². The normalized spacial score (nSPS) is 16.1. The van der Waals surface area contributed by atoms with Gasteiger partial charge in [-0.2, -0.15) is 5.26 Å². The molecule has 0 bridgehead atoms. The molecule has 1 aromatic carbocycles. The van der Waals surface area contributed by atoms with Gasteiger partial charge in [0, 0.05) is 21.1 Å². The first-order chi connectivity index (χ1) is 14.7. The van der Waals surface area contributed by atoms with Crippen molar-refractivity contribution in [2.24, 2.45) is 16.3 Å². The van der Waals surface area contributed by atoms with Gasteiger partial charge in [-0.3, -0.25) is 0 Å². The monoisotopic (exact) mass is 502 g/mol. The van der Waals surface area contributed by atoms with Gasteiger partial charge < -0.3 is 9.47 Å². The van der Waals surface area contributed by atoms with E-state index in [2.05, 4.69) is 47.8 Å². The van der Waals surface area contributed by atoms with Crippen molar-refractivity contribution in [3.8, 4) is 11.8 Å². The smallest absolute Gasteiger partial charge is 0.344 e. The summed E-state index contributed by atoms with van der Waals surface area (Å²) in [6.45, 7) is 8.75. The molecule has 31 heavy (non-hydrogen) atoms. The Morgan fingerprint density at radius 2 is 2.19 bits per heavy atom. The Kier molecular flexibility index (Phi) is 7.55. The minimum atomic E-state index is -0.417. The molecule has 0 amide bonds. The summed E-state index contributed by atoms with van der Waals surface area (Å²) in [6, 6.07) is 7.87. The molecule has 1 aliphatic carbocycles. The van der Waals surface area contributed by atoms with Gasteiger partial charge in [0.25, 0.3) is 0 Å². The topological polar surface area (TPSA) is 71.7 Å². The Bertz CT molecular complexity index is 1030. The van der Waals surface area contributed by atoms with Crippen LogP contribution in [-0.2, 0) is 22.4 Å². The largest absolute Gasteiger partial charge is 0.481 e. The molecule has 1 aromatic heterocycles. The molecule has 1 aliphatic rings. The van der Waals surface area contributed by atoms with E-state index in [1.54, 1.807) is 30.5 Å². The van der Waals surface area contributed by atoms with E-state index in [-0.39, 0.29) is 12.0 Å². The molecule has 0 radical (unpaired) electrons. The highest BCUT2D eigenvalue weighted by Crippen LogP contribution is 2.45. The number of halogens is 1. The van der Waals surface area contributed by atoms with Gasteiger partial charge in [-0.1, -0.05) is 36.7 Å². The number of rotatable bonds is 6. The highest BCUT2D eigenvalue weighted by Gasteiger charge is 2.32. The molecule has 2 aromatic rings. The van der Waals surface area contributed by atoms with Crippen molar-refractivity contribution in [2.75, 3.05) is 13.2 Å². The van der Waals surface area contributed by atoms with Gasteiger partial charge in [-0.25, -0.2) is 9.79 Å². The molecule has 0 aliphatic heterocycles. The minimum Gasteiger partial charge on any atom is -0.481 e. The summed E-state index contributed by atoms with van der Waals surface area (Å²) in [7, 11) is 0. The van der Waals surface area contributed by atoms with E-state index in [1.165, 1.54) is 4.88 Å². The lowest BCUT2D eigenvalue weighted by Gasteiger charge is -2.33. The summed E-state index contributed by atoms with van der Waals surface area (Å²) < 4.78 is 11.4. The zero-order chi connectivity index (χ0) is 22.6. The fourth-order valence-corrected chi connectivity index (χ4v) is 5.34. The molecule has 3 rings (SSSR count). The number of ether oxygens (including phenoxy) is 2.